The number of carbonyl (C=O) groups excluding carboxylic acids is 1. The molecule has 1 unspecified atom stereocenters. The lowest BCUT2D eigenvalue weighted by molar-refractivity contribution is -0.120. The van der Waals surface area contributed by atoms with Gasteiger partial charge in [0.05, 0.1) is 0 Å². The van der Waals surface area contributed by atoms with E-state index in [0.717, 1.165) is 12.8 Å². The Labute approximate surface area is 129 Å². The van der Waals surface area contributed by atoms with Gasteiger partial charge in [0.15, 0.2) is 0 Å². The predicted molar refractivity (Wildman–Crippen MR) is 82.6 cm³/mol. The second-order valence-electron chi connectivity index (χ2n) is 5.60. The summed E-state index contributed by atoms with van der Waals surface area (Å²) in [6.07, 6.45) is 8.54. The van der Waals surface area contributed by atoms with E-state index < -0.39 is 0 Å². The van der Waals surface area contributed by atoms with Crippen molar-refractivity contribution in [3.05, 3.63) is 31.1 Å². The molecule has 3 rings (SSSR count). The zero-order valence-corrected chi connectivity index (χ0v) is 12.8. The van der Waals surface area contributed by atoms with Gasteiger partial charge in [-0.2, -0.15) is 0 Å². The molecule has 1 aliphatic rings. The number of nitrogens with one attached hydrogen (secondary N) is 2. The van der Waals surface area contributed by atoms with Crippen LogP contribution in [0.1, 0.15) is 26.7 Å². The van der Waals surface area contributed by atoms with Crippen LogP contribution in [0.4, 0.5) is 5.82 Å². The quantitative estimate of drug-likeness (QED) is 0.871. The number of anilines is 1. The highest BCUT2D eigenvalue weighted by molar-refractivity contribution is 5.88. The summed E-state index contributed by atoms with van der Waals surface area (Å²) in [6, 6.07) is 1.55. The van der Waals surface area contributed by atoms with Gasteiger partial charge in [0.25, 0.3) is 0 Å². The lowest BCUT2D eigenvalue weighted by Crippen LogP contribution is -2.41. The molecule has 7 nitrogen and oxygen atoms in total. The third-order valence-electron chi connectivity index (χ3n) is 4.61. The molecule has 1 saturated heterocycles. The highest BCUT2D eigenvalue weighted by Crippen LogP contribution is 2.35. The maximum atomic E-state index is 12.2. The third kappa shape index (κ3) is 2.43. The van der Waals surface area contributed by atoms with Crippen LogP contribution in [0.15, 0.2) is 31.1 Å². The van der Waals surface area contributed by atoms with Crippen LogP contribution in [-0.4, -0.2) is 38.0 Å². The summed E-state index contributed by atoms with van der Waals surface area (Å²) in [5, 5.41) is 6.25. The molecule has 2 aromatic heterocycles. The highest BCUT2D eigenvalue weighted by Gasteiger charge is 2.46. The minimum Gasteiger partial charge on any atom is -0.358 e. The van der Waals surface area contributed by atoms with Crippen molar-refractivity contribution in [3.8, 4) is 5.82 Å². The van der Waals surface area contributed by atoms with E-state index in [1.54, 1.807) is 17.1 Å². The molecule has 1 atom stereocenters. The smallest absolute Gasteiger partial charge is 0.243 e. The van der Waals surface area contributed by atoms with Crippen molar-refractivity contribution in [3.63, 3.8) is 0 Å². The summed E-state index contributed by atoms with van der Waals surface area (Å²) in [6.45, 7) is 4.95. The first-order valence-electron chi connectivity index (χ1n) is 7.53. The average Bonchev–Trinajstić information content (AvgIpc) is 3.18. The number of amides is 1. The molecule has 0 radical (unpaired) electrons. The number of imidazole rings is 1. The average molecular weight is 300 g/mol. The van der Waals surface area contributed by atoms with E-state index in [9.17, 15) is 4.79 Å². The number of rotatable bonds is 5. The van der Waals surface area contributed by atoms with E-state index in [0.29, 0.717) is 18.2 Å². The number of aromatic nitrogens is 4. The van der Waals surface area contributed by atoms with Crippen molar-refractivity contribution in [2.75, 3.05) is 11.9 Å². The third-order valence-corrected chi connectivity index (χ3v) is 4.61. The first-order valence-corrected chi connectivity index (χ1v) is 7.53. The van der Waals surface area contributed by atoms with Crippen LogP contribution in [0.5, 0.6) is 0 Å². The van der Waals surface area contributed by atoms with E-state index in [1.165, 1.54) is 6.33 Å². The second-order valence-corrected chi connectivity index (χ2v) is 5.60. The molecule has 0 bridgehead atoms. The van der Waals surface area contributed by atoms with Crippen LogP contribution >= 0.6 is 0 Å². The number of hydrogen-bond acceptors (Lipinski definition) is 5. The highest BCUT2D eigenvalue weighted by atomic mass is 16.2. The first kappa shape index (κ1) is 14.5. The summed E-state index contributed by atoms with van der Waals surface area (Å²) < 4.78 is 1.80. The largest absolute Gasteiger partial charge is 0.358 e. The molecule has 116 valence electrons. The first-order chi connectivity index (χ1) is 10.7. The van der Waals surface area contributed by atoms with Gasteiger partial charge in [0, 0.05) is 30.4 Å². The molecule has 0 saturated carbocycles. The molecule has 22 heavy (non-hydrogen) atoms. The van der Waals surface area contributed by atoms with Gasteiger partial charge < -0.3 is 10.6 Å². The van der Waals surface area contributed by atoms with Crippen LogP contribution in [-0.2, 0) is 4.79 Å². The van der Waals surface area contributed by atoms with Gasteiger partial charge in [-0.3, -0.25) is 9.36 Å². The molecule has 1 amide bonds. The monoisotopic (exact) mass is 300 g/mol. The van der Waals surface area contributed by atoms with Gasteiger partial charge in [0.2, 0.25) is 5.91 Å². The van der Waals surface area contributed by atoms with Crippen molar-refractivity contribution in [1.29, 1.82) is 0 Å². The fraction of sp³-hybridized carbons (Fsp3) is 0.467. The van der Waals surface area contributed by atoms with Crippen molar-refractivity contribution in [1.82, 2.24) is 24.8 Å². The molecule has 0 aliphatic carbocycles. The lowest BCUT2D eigenvalue weighted by atomic mass is 9.78. The summed E-state index contributed by atoms with van der Waals surface area (Å²) in [4.78, 5) is 24.7. The molecule has 7 heteroatoms. The van der Waals surface area contributed by atoms with Crippen molar-refractivity contribution in [2.24, 2.45) is 5.41 Å². The molecule has 0 spiro atoms. The van der Waals surface area contributed by atoms with Gasteiger partial charge in [-0.25, -0.2) is 15.0 Å². The van der Waals surface area contributed by atoms with Gasteiger partial charge in [-0.05, 0) is 12.8 Å². The van der Waals surface area contributed by atoms with E-state index in [1.807, 2.05) is 12.3 Å². The van der Waals surface area contributed by atoms with Crippen LogP contribution < -0.4 is 10.6 Å². The molecule has 1 fully saturated rings. The SMILES string of the molecule is CCC1(CC)CNC(=O)C1Nc1cc(-n2ccnc2)ncn1. The van der Waals surface area contributed by atoms with Crippen LogP contribution in [0.25, 0.3) is 5.82 Å². The van der Waals surface area contributed by atoms with E-state index in [-0.39, 0.29) is 17.4 Å². The van der Waals surface area contributed by atoms with Crippen LogP contribution in [0.3, 0.4) is 0 Å². The molecule has 0 aromatic carbocycles. The minimum absolute atomic E-state index is 0.0338. The van der Waals surface area contributed by atoms with E-state index in [2.05, 4.69) is 39.4 Å². The fourth-order valence-corrected chi connectivity index (χ4v) is 2.98. The number of nitrogens with zero attached hydrogens (tertiary/aromatic N) is 4. The van der Waals surface area contributed by atoms with E-state index in [4.69, 9.17) is 0 Å². The van der Waals surface area contributed by atoms with Gasteiger partial charge in [-0.15, -0.1) is 0 Å². The summed E-state index contributed by atoms with van der Waals surface area (Å²) in [5.74, 6) is 1.39. The Morgan fingerprint density at radius 1 is 1.41 bits per heavy atom. The summed E-state index contributed by atoms with van der Waals surface area (Å²) in [7, 11) is 0. The Bertz CT molecular complexity index is 650. The zero-order valence-electron chi connectivity index (χ0n) is 12.8. The topological polar surface area (TPSA) is 84.7 Å². The summed E-state index contributed by atoms with van der Waals surface area (Å²) in [5.41, 5.74) is -0.0722. The molecule has 3 heterocycles. The minimum atomic E-state index is -0.270. The second kappa shape index (κ2) is 5.75. The maximum Gasteiger partial charge on any atom is 0.243 e. The van der Waals surface area contributed by atoms with Crippen molar-refractivity contribution in [2.45, 2.75) is 32.7 Å². The Morgan fingerprint density at radius 2 is 2.23 bits per heavy atom. The van der Waals surface area contributed by atoms with Gasteiger partial charge >= 0.3 is 0 Å². The summed E-state index contributed by atoms with van der Waals surface area (Å²) >= 11 is 0. The van der Waals surface area contributed by atoms with E-state index >= 15 is 0 Å². The Kier molecular flexibility index (Phi) is 3.79. The Morgan fingerprint density at radius 3 is 2.91 bits per heavy atom. The Balaban J connectivity index is 1.86. The van der Waals surface area contributed by atoms with Gasteiger partial charge in [-0.1, -0.05) is 13.8 Å². The lowest BCUT2D eigenvalue weighted by Gasteiger charge is -2.31. The van der Waals surface area contributed by atoms with Crippen LogP contribution in [0.2, 0.25) is 0 Å². The Hall–Kier alpha value is -2.44. The predicted octanol–water partition coefficient (Wildman–Crippen LogP) is 1.38. The molecule has 2 aromatic rings. The zero-order chi connectivity index (χ0) is 15.6. The van der Waals surface area contributed by atoms with Crippen molar-refractivity contribution >= 4 is 11.7 Å². The van der Waals surface area contributed by atoms with Crippen molar-refractivity contribution < 1.29 is 4.79 Å². The standard InChI is InChI=1S/C15H20N6O/c1-3-15(4-2)8-17-14(22)13(15)20-11-7-12(19-9-18-11)21-6-5-16-10-21/h5-7,9-10,13H,3-4,8H2,1-2H3,(H,17,22)(H,18,19,20). The molecular weight excluding hydrogens is 280 g/mol. The van der Waals surface area contributed by atoms with Crippen LogP contribution in [0, 0.1) is 5.41 Å². The molecule has 2 N–H and O–H groups in total. The normalized spacial score (nSPS) is 19.9. The maximum absolute atomic E-state index is 12.2. The number of carbonyl (C=O) groups is 1. The number of hydrogen-bond donors (Lipinski definition) is 2. The van der Waals surface area contributed by atoms with Gasteiger partial charge in [0.1, 0.15) is 30.3 Å². The molecule has 1 aliphatic heterocycles. The molecular formula is C15H20N6O. The fourth-order valence-electron chi connectivity index (χ4n) is 2.98.